The first-order valence-electron chi connectivity index (χ1n) is 10.5. The van der Waals surface area contributed by atoms with Crippen LogP contribution in [0.5, 0.6) is 0 Å². The summed E-state index contributed by atoms with van der Waals surface area (Å²) in [4.78, 5) is 24.4. The highest BCUT2D eigenvalue weighted by Gasteiger charge is 2.77. The van der Waals surface area contributed by atoms with E-state index in [9.17, 15) is 34.4 Å². The lowest BCUT2D eigenvalue weighted by atomic mass is 9.44. The third-order valence-electron chi connectivity index (χ3n) is 8.90. The van der Waals surface area contributed by atoms with E-state index in [-0.39, 0.29) is 6.42 Å². The van der Waals surface area contributed by atoms with Gasteiger partial charge in [-0.05, 0) is 44.1 Å². The molecule has 6 nitrogen and oxygen atoms in total. The Hall–Kier alpha value is -1.55. The number of carbonyl (C=O) groups excluding carboxylic acids is 2. The van der Waals surface area contributed by atoms with E-state index in [1.165, 1.54) is 20.8 Å². The highest BCUT2D eigenvalue weighted by molar-refractivity contribution is 6.04. The monoisotopic (exact) mass is 444 g/mol. The van der Waals surface area contributed by atoms with Crippen LogP contribution in [0, 0.1) is 28.6 Å². The zero-order chi connectivity index (χ0) is 23.3. The minimum Gasteiger partial charge on any atom is -0.390 e. The predicted octanol–water partition coefficient (Wildman–Crippen LogP) is 1.46. The summed E-state index contributed by atoms with van der Waals surface area (Å²) in [5.74, 6) is -6.52. The molecule has 0 bridgehead atoms. The number of aliphatic hydroxyl groups excluding tert-OH is 2. The first-order valence-corrected chi connectivity index (χ1v) is 10.5. The first-order chi connectivity index (χ1) is 14.2. The van der Waals surface area contributed by atoms with Gasteiger partial charge in [0.25, 0.3) is 0 Å². The molecule has 3 saturated carbocycles. The standard InChI is InChI=1S/C22H27F3O6/c1-9-6-10-11-7-12(23)15-16(24)13(26)4-5-19(15,2)21(11,25)14(27)8-20(10,3)22(9,31)17(28)18(29)30/h4-5,9-12,14,18,27,29-31H,6-8H2,1-3H3/t9-,10-,11-,12-,14-,19-,20-,21-,22-/m0/s1. The van der Waals surface area contributed by atoms with Crippen molar-refractivity contribution in [2.45, 2.75) is 69.9 Å². The molecule has 172 valence electrons. The zero-order valence-corrected chi connectivity index (χ0v) is 17.5. The van der Waals surface area contributed by atoms with Crippen molar-refractivity contribution >= 4 is 11.6 Å². The molecule has 4 N–H and O–H groups in total. The minimum absolute atomic E-state index is 0.0709. The Balaban J connectivity index is 1.89. The van der Waals surface area contributed by atoms with Crippen molar-refractivity contribution in [3.63, 3.8) is 0 Å². The molecule has 0 spiro atoms. The Morgan fingerprint density at radius 3 is 2.42 bits per heavy atom. The van der Waals surface area contributed by atoms with Crippen LogP contribution in [0.3, 0.4) is 0 Å². The largest absolute Gasteiger partial charge is 0.390 e. The molecule has 4 aliphatic carbocycles. The van der Waals surface area contributed by atoms with Crippen LogP contribution in [-0.4, -0.2) is 61.8 Å². The number of ketones is 2. The summed E-state index contributed by atoms with van der Waals surface area (Å²) in [7, 11) is 0. The van der Waals surface area contributed by atoms with Crippen molar-refractivity contribution in [3.8, 4) is 0 Å². The molecule has 0 aromatic heterocycles. The summed E-state index contributed by atoms with van der Waals surface area (Å²) >= 11 is 0. The molecule has 4 rings (SSSR count). The number of allylic oxidation sites excluding steroid dienone is 4. The quantitative estimate of drug-likeness (QED) is 0.480. The van der Waals surface area contributed by atoms with Gasteiger partial charge in [-0.3, -0.25) is 9.59 Å². The van der Waals surface area contributed by atoms with Crippen LogP contribution in [0.15, 0.2) is 23.6 Å². The fraction of sp³-hybridized carbons (Fsp3) is 0.727. The number of halogens is 3. The zero-order valence-electron chi connectivity index (χ0n) is 17.5. The summed E-state index contributed by atoms with van der Waals surface area (Å²) in [6.07, 6.45) is -5.25. The van der Waals surface area contributed by atoms with Crippen LogP contribution < -0.4 is 0 Å². The molecule has 0 saturated heterocycles. The van der Waals surface area contributed by atoms with E-state index in [4.69, 9.17) is 0 Å². The van der Waals surface area contributed by atoms with Crippen LogP contribution in [0.2, 0.25) is 0 Å². The van der Waals surface area contributed by atoms with Gasteiger partial charge in [-0.25, -0.2) is 13.2 Å². The fourth-order valence-electron chi connectivity index (χ4n) is 7.35. The number of alkyl halides is 2. The van der Waals surface area contributed by atoms with E-state index in [0.717, 1.165) is 12.2 Å². The van der Waals surface area contributed by atoms with Crippen molar-refractivity contribution in [1.82, 2.24) is 0 Å². The Morgan fingerprint density at radius 1 is 1.23 bits per heavy atom. The maximum absolute atomic E-state index is 16.9. The average molecular weight is 444 g/mol. The molecule has 9 heteroatoms. The topological polar surface area (TPSA) is 115 Å². The predicted molar refractivity (Wildman–Crippen MR) is 101 cm³/mol. The summed E-state index contributed by atoms with van der Waals surface area (Å²) in [6.45, 7) is 4.23. The van der Waals surface area contributed by atoms with Crippen LogP contribution in [-0.2, 0) is 9.59 Å². The Morgan fingerprint density at radius 2 is 1.84 bits per heavy atom. The van der Waals surface area contributed by atoms with Gasteiger partial charge in [0.1, 0.15) is 11.8 Å². The summed E-state index contributed by atoms with van der Waals surface area (Å²) in [6, 6.07) is 0. The van der Waals surface area contributed by atoms with Gasteiger partial charge >= 0.3 is 0 Å². The van der Waals surface area contributed by atoms with Gasteiger partial charge in [0.2, 0.25) is 17.9 Å². The third kappa shape index (κ3) is 2.38. The molecular formula is C22H27F3O6. The smallest absolute Gasteiger partial charge is 0.220 e. The lowest BCUT2D eigenvalue weighted by molar-refractivity contribution is -0.229. The lowest BCUT2D eigenvalue weighted by Gasteiger charge is -2.63. The van der Waals surface area contributed by atoms with E-state index in [0.29, 0.717) is 0 Å². The molecule has 0 aliphatic heterocycles. The number of aliphatic hydroxyl groups is 4. The number of hydrogen-bond acceptors (Lipinski definition) is 6. The number of hydrogen-bond donors (Lipinski definition) is 4. The van der Waals surface area contributed by atoms with Gasteiger partial charge in [0, 0.05) is 22.3 Å². The van der Waals surface area contributed by atoms with E-state index < -0.39 is 94.2 Å². The molecule has 0 aromatic rings. The average Bonchev–Trinajstić information content (AvgIpc) is 2.88. The van der Waals surface area contributed by atoms with Gasteiger partial charge in [-0.15, -0.1) is 0 Å². The first kappa shape index (κ1) is 22.6. The molecule has 3 fully saturated rings. The van der Waals surface area contributed by atoms with Crippen molar-refractivity contribution in [2.75, 3.05) is 0 Å². The van der Waals surface area contributed by atoms with Crippen LogP contribution in [0.25, 0.3) is 0 Å². The van der Waals surface area contributed by atoms with Gasteiger partial charge < -0.3 is 20.4 Å². The number of Topliss-reactive ketones (excluding diaryl/α,β-unsaturated/α-hetero) is 1. The summed E-state index contributed by atoms with van der Waals surface area (Å²) in [5.41, 5.74) is -8.87. The Kier molecular flexibility index (Phi) is 4.74. The Labute approximate surface area is 177 Å². The van der Waals surface area contributed by atoms with Crippen LogP contribution in [0.4, 0.5) is 13.2 Å². The molecular weight excluding hydrogens is 417 g/mol. The minimum atomic E-state index is -2.56. The van der Waals surface area contributed by atoms with Crippen molar-refractivity contribution in [2.24, 2.45) is 28.6 Å². The maximum atomic E-state index is 16.9. The highest BCUT2D eigenvalue weighted by atomic mass is 19.2. The van der Waals surface area contributed by atoms with Crippen LogP contribution >= 0.6 is 0 Å². The number of rotatable bonds is 2. The second-order valence-electron chi connectivity index (χ2n) is 10.1. The van der Waals surface area contributed by atoms with E-state index in [1.807, 2.05) is 0 Å². The van der Waals surface area contributed by atoms with Crippen molar-refractivity contribution in [3.05, 3.63) is 23.6 Å². The second kappa shape index (κ2) is 6.50. The van der Waals surface area contributed by atoms with Crippen LogP contribution in [0.1, 0.15) is 40.0 Å². The molecule has 0 aromatic carbocycles. The highest BCUT2D eigenvalue weighted by Crippen LogP contribution is 2.71. The lowest BCUT2D eigenvalue weighted by Crippen LogP contribution is -2.71. The van der Waals surface area contributed by atoms with E-state index in [2.05, 4.69) is 0 Å². The molecule has 0 heterocycles. The SMILES string of the molecule is C[C@H]1C[C@H]2[C@@H]3C[C@H](F)C4=C(F)C(=O)C=C[C@]4(C)[C@@]3(F)[C@@H](O)C[C@]2(C)[C@@]1(O)C(=O)C(O)O. The number of carbonyl (C=O) groups is 2. The van der Waals surface area contributed by atoms with Gasteiger partial charge in [-0.1, -0.05) is 19.9 Å². The maximum Gasteiger partial charge on any atom is 0.220 e. The second-order valence-corrected chi connectivity index (χ2v) is 10.1. The summed E-state index contributed by atoms with van der Waals surface area (Å²) in [5, 5.41) is 41.3. The molecule has 4 aliphatic rings. The fourth-order valence-corrected chi connectivity index (χ4v) is 7.35. The van der Waals surface area contributed by atoms with Crippen molar-refractivity contribution in [1.29, 1.82) is 0 Å². The van der Waals surface area contributed by atoms with Gasteiger partial charge in [0.15, 0.2) is 11.5 Å². The molecule has 0 unspecified atom stereocenters. The van der Waals surface area contributed by atoms with Gasteiger partial charge in [-0.2, -0.15) is 0 Å². The van der Waals surface area contributed by atoms with E-state index >= 15 is 8.78 Å². The third-order valence-corrected chi connectivity index (χ3v) is 8.90. The summed E-state index contributed by atoms with van der Waals surface area (Å²) < 4.78 is 46.8. The molecule has 0 radical (unpaired) electrons. The molecule has 31 heavy (non-hydrogen) atoms. The molecule has 9 atom stereocenters. The molecule has 0 amide bonds. The van der Waals surface area contributed by atoms with Crippen molar-refractivity contribution < 1.29 is 43.2 Å². The van der Waals surface area contributed by atoms with Gasteiger partial charge in [0.05, 0.1) is 6.10 Å². The Bertz CT molecular complexity index is 917. The normalized spacial score (nSPS) is 51.6. The van der Waals surface area contributed by atoms with E-state index in [1.54, 1.807) is 0 Å². The number of fused-ring (bicyclic) bond motifs is 5.